The third kappa shape index (κ3) is 4.44. The van der Waals surface area contributed by atoms with Gasteiger partial charge in [-0.3, -0.25) is 9.69 Å². The molecule has 1 spiro atoms. The van der Waals surface area contributed by atoms with Gasteiger partial charge >= 0.3 is 0 Å². The second kappa shape index (κ2) is 10.4. The van der Waals surface area contributed by atoms with Crippen LogP contribution in [0.4, 0.5) is 0 Å². The number of hydrogen-bond donors (Lipinski definition) is 3. The first kappa shape index (κ1) is 24.9. The van der Waals surface area contributed by atoms with Gasteiger partial charge in [-0.2, -0.15) is 0 Å². The number of amides is 1. The lowest BCUT2D eigenvalue weighted by Crippen LogP contribution is -3.07. The number of hydrogen-bond acceptors (Lipinski definition) is 3. The summed E-state index contributed by atoms with van der Waals surface area (Å²) in [6, 6.07) is 11.9. The number of aliphatic imine (C=N–C) groups is 1. The van der Waals surface area contributed by atoms with E-state index in [0.717, 1.165) is 45.6 Å². The summed E-state index contributed by atoms with van der Waals surface area (Å²) in [5.41, 5.74) is 1.53. The van der Waals surface area contributed by atoms with Crippen LogP contribution in [0.5, 0.6) is 0 Å². The molecule has 7 heteroatoms. The molecule has 4 aliphatic heterocycles. The molecule has 5 aliphatic rings. The number of carbonyl (C=O) groups excluding carboxylic acids is 1. The fraction of sp³-hybridized carbons (Fsp3) is 0.724. The molecular formula is C29H46N5OS+3. The number of carbonyl (C=O) groups is 1. The Kier molecular flexibility index (Phi) is 7.19. The summed E-state index contributed by atoms with van der Waals surface area (Å²) in [4.78, 5) is 23.5. The van der Waals surface area contributed by atoms with Crippen LogP contribution >= 0.6 is 11.8 Å². The van der Waals surface area contributed by atoms with Gasteiger partial charge in [0.05, 0.1) is 50.9 Å². The highest BCUT2D eigenvalue weighted by molar-refractivity contribution is 8.14. The van der Waals surface area contributed by atoms with Gasteiger partial charge in [-0.05, 0) is 54.8 Å². The number of piperidine rings is 2. The molecule has 4 fully saturated rings. The quantitative estimate of drug-likeness (QED) is 0.537. The van der Waals surface area contributed by atoms with E-state index in [0.29, 0.717) is 35.1 Å². The lowest BCUT2D eigenvalue weighted by Gasteiger charge is -2.47. The lowest BCUT2D eigenvalue weighted by atomic mass is 9.69. The molecule has 0 aromatic heterocycles. The van der Waals surface area contributed by atoms with E-state index < -0.39 is 0 Å². The van der Waals surface area contributed by atoms with E-state index in [-0.39, 0.29) is 11.3 Å². The Balaban J connectivity index is 1.26. The monoisotopic (exact) mass is 512 g/mol. The van der Waals surface area contributed by atoms with Crippen molar-refractivity contribution in [2.45, 2.75) is 68.2 Å². The Hall–Kier alpha value is -1.41. The van der Waals surface area contributed by atoms with E-state index >= 15 is 0 Å². The van der Waals surface area contributed by atoms with E-state index in [1.165, 1.54) is 47.7 Å². The smallest absolute Gasteiger partial charge is 0.257 e. The maximum Gasteiger partial charge on any atom is 0.257 e. The molecule has 36 heavy (non-hydrogen) atoms. The van der Waals surface area contributed by atoms with E-state index in [9.17, 15) is 4.79 Å². The molecule has 6 atom stereocenters. The first-order valence-corrected chi connectivity index (χ1v) is 15.5. The number of nitrogens with zero attached hydrogens (tertiary/aromatic N) is 2. The third-order valence-electron chi connectivity index (χ3n) is 10.1. The zero-order valence-electron chi connectivity index (χ0n) is 22.2. The number of amidine groups is 1. The summed E-state index contributed by atoms with van der Waals surface area (Å²) in [6.45, 7) is 5.12. The Morgan fingerprint density at radius 2 is 1.81 bits per heavy atom. The predicted octanol–water partition coefficient (Wildman–Crippen LogP) is 0.0826. The van der Waals surface area contributed by atoms with Crippen molar-refractivity contribution in [3.63, 3.8) is 0 Å². The van der Waals surface area contributed by atoms with E-state index in [2.05, 4.69) is 60.0 Å². The SMILES string of the molecule is C[NH+](C)C1=NC2C[NH2+]C[C@]3(C[NH2+]C[C@H]3C(=O)N3CC[C@@H](c4ccccc4)C[C@H]3C3CCCCC3)C2S1. The number of nitrogens with two attached hydrogens (primary N) is 2. The standard InChI is InChI=1S/C29H43N5OS/c1-33(2)28-32-24-17-31-19-29(26(24)36-28)18-30-16-23(29)27(35)34-14-13-22(20-9-5-3-6-10-20)15-25(34)21-11-7-4-8-12-21/h3,5-6,9-10,21-26,30-31H,4,7-8,11-19H2,1-2H3/p+3/t22-,23+,24?,25+,26?,29+/m1/s1. The van der Waals surface area contributed by atoms with Gasteiger partial charge in [-0.25, -0.2) is 4.99 Å². The summed E-state index contributed by atoms with van der Waals surface area (Å²) in [5, 5.41) is 6.61. The maximum absolute atomic E-state index is 14.6. The van der Waals surface area contributed by atoms with E-state index in [1.54, 1.807) is 0 Å². The summed E-state index contributed by atoms with van der Waals surface area (Å²) < 4.78 is 0. The summed E-state index contributed by atoms with van der Waals surface area (Å²) in [5.74, 6) is 1.86. The van der Waals surface area contributed by atoms with Crippen LogP contribution in [-0.2, 0) is 4.79 Å². The molecule has 0 bridgehead atoms. The number of quaternary nitrogens is 3. The van der Waals surface area contributed by atoms with Gasteiger partial charge < -0.3 is 15.5 Å². The van der Waals surface area contributed by atoms with Gasteiger partial charge in [0, 0.05) is 12.6 Å². The zero-order valence-corrected chi connectivity index (χ0v) is 23.0. The number of rotatable bonds is 3. The van der Waals surface area contributed by atoms with Crippen molar-refractivity contribution in [1.29, 1.82) is 0 Å². The van der Waals surface area contributed by atoms with Crippen molar-refractivity contribution in [1.82, 2.24) is 4.90 Å². The number of fused-ring (bicyclic) bond motifs is 2. The fourth-order valence-electron chi connectivity index (χ4n) is 8.26. The van der Waals surface area contributed by atoms with Gasteiger partial charge in [-0.15, -0.1) is 0 Å². The minimum Gasteiger partial charge on any atom is -0.345 e. The molecule has 2 unspecified atom stereocenters. The number of likely N-dealkylation sites (tertiary alicyclic amines) is 1. The van der Waals surface area contributed by atoms with Crippen LogP contribution in [-0.4, -0.2) is 80.1 Å². The summed E-state index contributed by atoms with van der Waals surface area (Å²) in [6.07, 6.45) is 8.89. The van der Waals surface area contributed by atoms with Crippen molar-refractivity contribution in [2.24, 2.45) is 22.2 Å². The van der Waals surface area contributed by atoms with Gasteiger partial charge in [-0.1, -0.05) is 49.6 Å². The van der Waals surface area contributed by atoms with Gasteiger partial charge in [0.2, 0.25) is 5.91 Å². The molecule has 3 saturated heterocycles. The molecule has 6 rings (SSSR count). The lowest BCUT2D eigenvalue weighted by molar-refractivity contribution is -0.753. The predicted molar refractivity (Wildman–Crippen MR) is 145 cm³/mol. The third-order valence-corrected chi connectivity index (χ3v) is 11.9. The highest BCUT2D eigenvalue weighted by Crippen LogP contribution is 2.47. The molecule has 1 amide bonds. The Morgan fingerprint density at radius 1 is 1.06 bits per heavy atom. The van der Waals surface area contributed by atoms with Gasteiger partial charge in [0.15, 0.2) is 0 Å². The van der Waals surface area contributed by atoms with E-state index in [1.807, 2.05) is 11.8 Å². The normalized spacial score (nSPS) is 37.4. The Bertz CT molecular complexity index is 964. The largest absolute Gasteiger partial charge is 0.345 e. The van der Waals surface area contributed by atoms with Crippen LogP contribution in [0.2, 0.25) is 0 Å². The zero-order chi connectivity index (χ0) is 24.7. The van der Waals surface area contributed by atoms with Crippen molar-refractivity contribution in [3.8, 4) is 0 Å². The number of benzene rings is 1. The van der Waals surface area contributed by atoms with Crippen LogP contribution in [0.1, 0.15) is 56.4 Å². The van der Waals surface area contributed by atoms with Crippen LogP contribution in [0.25, 0.3) is 0 Å². The van der Waals surface area contributed by atoms with Crippen LogP contribution in [0.3, 0.4) is 0 Å². The first-order chi connectivity index (χ1) is 17.6. The van der Waals surface area contributed by atoms with Gasteiger partial charge in [0.25, 0.3) is 5.17 Å². The van der Waals surface area contributed by atoms with Gasteiger partial charge in [0.1, 0.15) is 12.0 Å². The molecule has 5 N–H and O–H groups in total. The molecule has 1 saturated carbocycles. The maximum atomic E-state index is 14.6. The molecule has 1 aromatic carbocycles. The van der Waals surface area contributed by atoms with Crippen LogP contribution in [0, 0.1) is 17.3 Å². The topological polar surface area (TPSA) is 70.3 Å². The summed E-state index contributed by atoms with van der Waals surface area (Å²) >= 11 is 2.00. The van der Waals surface area contributed by atoms with Crippen molar-refractivity contribution < 1.29 is 20.3 Å². The molecule has 0 radical (unpaired) electrons. The van der Waals surface area contributed by atoms with Crippen LogP contribution < -0.4 is 15.5 Å². The molecule has 4 heterocycles. The average molecular weight is 513 g/mol. The highest BCUT2D eigenvalue weighted by atomic mass is 32.2. The fourth-order valence-corrected chi connectivity index (χ4v) is 9.85. The summed E-state index contributed by atoms with van der Waals surface area (Å²) in [7, 11) is 4.38. The van der Waals surface area contributed by atoms with Crippen molar-refractivity contribution >= 4 is 22.8 Å². The van der Waals surface area contributed by atoms with Crippen molar-refractivity contribution in [3.05, 3.63) is 35.9 Å². The molecule has 6 nitrogen and oxygen atoms in total. The molecule has 1 aliphatic carbocycles. The molecule has 196 valence electrons. The molecular weight excluding hydrogens is 466 g/mol. The Morgan fingerprint density at radius 3 is 2.56 bits per heavy atom. The number of thioether (sulfide) groups is 1. The minimum absolute atomic E-state index is 0.0543. The highest BCUT2D eigenvalue weighted by Gasteiger charge is 2.64. The number of nitrogens with one attached hydrogen (secondary N) is 1. The van der Waals surface area contributed by atoms with E-state index in [4.69, 9.17) is 4.99 Å². The second-order valence-electron chi connectivity index (χ2n) is 12.4. The average Bonchev–Trinajstić information content (AvgIpc) is 3.55. The molecule has 1 aromatic rings. The van der Waals surface area contributed by atoms with Crippen molar-refractivity contribution in [2.75, 3.05) is 46.8 Å². The first-order valence-electron chi connectivity index (χ1n) is 14.6. The second-order valence-corrected chi connectivity index (χ2v) is 13.5. The minimum atomic E-state index is 0.0543. The Labute approximate surface area is 221 Å². The van der Waals surface area contributed by atoms with Crippen LogP contribution in [0.15, 0.2) is 35.3 Å².